The minimum absolute atomic E-state index is 0.517. The summed E-state index contributed by atoms with van der Waals surface area (Å²) in [6.07, 6.45) is 1.55. The van der Waals surface area contributed by atoms with Crippen molar-refractivity contribution < 1.29 is 4.79 Å². The Morgan fingerprint density at radius 2 is 2.15 bits per heavy atom. The first-order valence-corrected chi connectivity index (χ1v) is 3.76. The Morgan fingerprint density at radius 1 is 1.46 bits per heavy atom. The van der Waals surface area contributed by atoms with Crippen LogP contribution >= 0.6 is 0 Å². The van der Waals surface area contributed by atoms with E-state index >= 15 is 0 Å². The van der Waals surface area contributed by atoms with E-state index in [1.54, 1.807) is 12.3 Å². The molecule has 0 spiro atoms. The van der Waals surface area contributed by atoms with Crippen LogP contribution in [-0.4, -0.2) is 6.03 Å². The van der Waals surface area contributed by atoms with Crippen molar-refractivity contribution in [3.63, 3.8) is 0 Å². The van der Waals surface area contributed by atoms with Crippen LogP contribution in [-0.2, 0) is 0 Å². The van der Waals surface area contributed by atoms with Crippen molar-refractivity contribution in [3.8, 4) is 6.19 Å². The number of amides is 2. The van der Waals surface area contributed by atoms with Gasteiger partial charge in [0.2, 0.25) is 0 Å². The van der Waals surface area contributed by atoms with Crippen LogP contribution in [0.2, 0.25) is 0 Å². The summed E-state index contributed by atoms with van der Waals surface area (Å²) >= 11 is 0. The summed E-state index contributed by atoms with van der Waals surface area (Å²) in [4.78, 5) is 10.9. The molecule has 1 rings (SSSR count). The predicted octanol–water partition coefficient (Wildman–Crippen LogP) is 1.60. The van der Waals surface area contributed by atoms with Crippen LogP contribution in [0.3, 0.4) is 0 Å². The molecular weight excluding hydrogens is 166 g/mol. The Kier molecular flexibility index (Phi) is 2.87. The molecule has 66 valence electrons. The largest absolute Gasteiger partial charge is 0.332 e. The van der Waals surface area contributed by atoms with Gasteiger partial charge in [-0.3, -0.25) is 0 Å². The highest BCUT2D eigenvalue weighted by molar-refractivity contribution is 5.90. The molecule has 0 saturated heterocycles. The van der Waals surface area contributed by atoms with Crippen molar-refractivity contribution in [1.29, 1.82) is 5.26 Å². The normalized spacial score (nSPS) is 8.62. The van der Waals surface area contributed by atoms with Crippen molar-refractivity contribution in [1.82, 2.24) is 5.32 Å². The van der Waals surface area contributed by atoms with E-state index in [4.69, 9.17) is 5.26 Å². The number of nitrogens with one attached hydrogen (secondary N) is 2. The number of hydrogen-bond donors (Lipinski definition) is 2. The van der Waals surface area contributed by atoms with Gasteiger partial charge in [-0.1, -0.05) is 18.2 Å². The number of nitriles is 1. The maximum absolute atomic E-state index is 10.9. The minimum Gasteiger partial charge on any atom is -0.307 e. The summed E-state index contributed by atoms with van der Waals surface area (Å²) in [5, 5.41) is 12.7. The van der Waals surface area contributed by atoms with Gasteiger partial charge < -0.3 is 5.32 Å². The molecule has 1 aromatic rings. The summed E-state index contributed by atoms with van der Waals surface area (Å²) in [6, 6.07) is 6.82. The number of benzene rings is 1. The third-order valence-corrected chi connectivity index (χ3v) is 1.56. The topological polar surface area (TPSA) is 64.9 Å². The molecule has 0 unspecified atom stereocenters. The van der Waals surface area contributed by atoms with Crippen LogP contribution in [0.15, 0.2) is 24.3 Å². The van der Waals surface area contributed by atoms with Gasteiger partial charge in [0.25, 0.3) is 0 Å². The number of anilines is 1. The SMILES string of the molecule is Cc1ccccc1NC(=O)NC#N. The third-order valence-electron chi connectivity index (χ3n) is 1.56. The van der Waals surface area contributed by atoms with Gasteiger partial charge >= 0.3 is 6.03 Å². The first kappa shape index (κ1) is 9.07. The lowest BCUT2D eigenvalue weighted by atomic mass is 10.2. The van der Waals surface area contributed by atoms with Crippen molar-refractivity contribution in [2.24, 2.45) is 0 Å². The van der Waals surface area contributed by atoms with Gasteiger partial charge in [0.15, 0.2) is 6.19 Å². The fourth-order valence-corrected chi connectivity index (χ4v) is 0.917. The number of nitrogens with zero attached hydrogens (tertiary/aromatic N) is 1. The third kappa shape index (κ3) is 2.49. The molecule has 0 aliphatic carbocycles. The highest BCUT2D eigenvalue weighted by Crippen LogP contribution is 2.12. The smallest absolute Gasteiger partial charge is 0.307 e. The van der Waals surface area contributed by atoms with E-state index in [9.17, 15) is 4.79 Å². The highest BCUT2D eigenvalue weighted by Gasteiger charge is 2.01. The van der Waals surface area contributed by atoms with Gasteiger partial charge in [-0.2, -0.15) is 5.26 Å². The van der Waals surface area contributed by atoms with Crippen LogP contribution in [0.1, 0.15) is 5.56 Å². The monoisotopic (exact) mass is 175 g/mol. The molecule has 2 amide bonds. The second-order valence-corrected chi connectivity index (χ2v) is 2.51. The maximum Gasteiger partial charge on any atom is 0.332 e. The minimum atomic E-state index is -0.517. The van der Waals surface area contributed by atoms with Crippen LogP contribution in [0.4, 0.5) is 10.5 Å². The van der Waals surface area contributed by atoms with Crippen LogP contribution in [0.25, 0.3) is 0 Å². The first-order chi connectivity index (χ1) is 6.24. The molecule has 0 fully saturated rings. The van der Waals surface area contributed by atoms with Crippen LogP contribution in [0, 0.1) is 18.4 Å². The zero-order valence-electron chi connectivity index (χ0n) is 7.16. The molecule has 0 atom stereocenters. The molecule has 1 aromatic carbocycles. The van der Waals surface area contributed by atoms with Gasteiger partial charge in [0, 0.05) is 5.69 Å². The Hall–Kier alpha value is -2.02. The zero-order chi connectivity index (χ0) is 9.68. The van der Waals surface area contributed by atoms with Crippen molar-refractivity contribution in [2.45, 2.75) is 6.92 Å². The molecular formula is C9H9N3O. The number of carbonyl (C=O) groups is 1. The van der Waals surface area contributed by atoms with E-state index in [1.165, 1.54) is 0 Å². The molecule has 4 heteroatoms. The Morgan fingerprint density at radius 3 is 2.77 bits per heavy atom. The summed E-state index contributed by atoms with van der Waals surface area (Å²) in [6.45, 7) is 1.88. The number of urea groups is 1. The summed E-state index contributed by atoms with van der Waals surface area (Å²) in [5.41, 5.74) is 1.66. The lowest BCUT2D eigenvalue weighted by Crippen LogP contribution is -2.24. The first-order valence-electron chi connectivity index (χ1n) is 3.76. The molecule has 13 heavy (non-hydrogen) atoms. The fraction of sp³-hybridized carbons (Fsp3) is 0.111. The average Bonchev–Trinajstić information content (AvgIpc) is 2.09. The Labute approximate surface area is 76.2 Å². The van der Waals surface area contributed by atoms with Gasteiger partial charge in [-0.05, 0) is 18.6 Å². The van der Waals surface area contributed by atoms with Crippen molar-refractivity contribution in [3.05, 3.63) is 29.8 Å². The molecule has 0 radical (unpaired) electrons. The van der Waals surface area contributed by atoms with E-state index in [2.05, 4.69) is 5.32 Å². The predicted molar refractivity (Wildman–Crippen MR) is 48.9 cm³/mol. The number of hydrogen-bond acceptors (Lipinski definition) is 2. The number of aryl methyl sites for hydroxylation is 1. The van der Waals surface area contributed by atoms with Crippen LogP contribution < -0.4 is 10.6 Å². The zero-order valence-corrected chi connectivity index (χ0v) is 7.16. The molecule has 0 aliphatic heterocycles. The highest BCUT2D eigenvalue weighted by atomic mass is 16.2. The van der Waals surface area contributed by atoms with E-state index < -0.39 is 6.03 Å². The molecule has 0 saturated carbocycles. The lowest BCUT2D eigenvalue weighted by molar-refractivity contribution is 0.255. The Balaban J connectivity index is 2.70. The van der Waals surface area contributed by atoms with Crippen LogP contribution in [0.5, 0.6) is 0 Å². The van der Waals surface area contributed by atoms with Gasteiger partial charge in [-0.15, -0.1) is 0 Å². The number of rotatable bonds is 1. The maximum atomic E-state index is 10.9. The average molecular weight is 175 g/mol. The van der Waals surface area contributed by atoms with E-state index in [1.807, 2.05) is 30.4 Å². The van der Waals surface area contributed by atoms with E-state index in [0.29, 0.717) is 5.69 Å². The molecule has 0 heterocycles. The quantitative estimate of drug-likeness (QED) is 0.503. The number of para-hydroxylation sites is 1. The van der Waals surface area contributed by atoms with Crippen molar-refractivity contribution >= 4 is 11.7 Å². The standard InChI is InChI=1S/C9H9N3O/c1-7-4-2-3-5-8(7)12-9(13)11-6-10/h2-5H,1H3,(H2,11,12,13). The molecule has 0 aliphatic rings. The molecule has 2 N–H and O–H groups in total. The summed E-state index contributed by atoms with van der Waals surface area (Å²) < 4.78 is 0. The lowest BCUT2D eigenvalue weighted by Gasteiger charge is -2.05. The number of carbonyl (C=O) groups excluding carboxylic acids is 1. The van der Waals surface area contributed by atoms with Gasteiger partial charge in [-0.25, -0.2) is 10.1 Å². The Bertz CT molecular complexity index is 354. The molecule has 4 nitrogen and oxygen atoms in total. The second-order valence-electron chi connectivity index (χ2n) is 2.51. The molecule has 0 aromatic heterocycles. The van der Waals surface area contributed by atoms with Gasteiger partial charge in [0.05, 0.1) is 0 Å². The van der Waals surface area contributed by atoms with Gasteiger partial charge in [0.1, 0.15) is 0 Å². The molecule has 0 bridgehead atoms. The van der Waals surface area contributed by atoms with E-state index in [0.717, 1.165) is 5.56 Å². The second kappa shape index (κ2) is 4.12. The van der Waals surface area contributed by atoms with E-state index in [-0.39, 0.29) is 0 Å². The summed E-state index contributed by atoms with van der Waals surface area (Å²) in [7, 11) is 0. The fourth-order valence-electron chi connectivity index (χ4n) is 0.917. The summed E-state index contributed by atoms with van der Waals surface area (Å²) in [5.74, 6) is 0. The van der Waals surface area contributed by atoms with Crippen molar-refractivity contribution in [2.75, 3.05) is 5.32 Å².